The van der Waals surface area contributed by atoms with Crippen molar-refractivity contribution in [1.82, 2.24) is 30.0 Å². The summed E-state index contributed by atoms with van der Waals surface area (Å²) in [6, 6.07) is 10.8. The normalized spacial score (nSPS) is 18.2. The van der Waals surface area contributed by atoms with Gasteiger partial charge >= 0.3 is 0 Å². The van der Waals surface area contributed by atoms with Gasteiger partial charge in [-0.25, -0.2) is 4.68 Å². The molecular weight excluding hydrogens is 288 g/mol. The van der Waals surface area contributed by atoms with E-state index >= 15 is 0 Å². The van der Waals surface area contributed by atoms with Gasteiger partial charge in [0.1, 0.15) is 0 Å². The summed E-state index contributed by atoms with van der Waals surface area (Å²) in [5.41, 5.74) is 1.32. The zero-order chi connectivity index (χ0) is 16.1. The Bertz CT molecular complexity index is 588. The first kappa shape index (κ1) is 16.1. The summed E-state index contributed by atoms with van der Waals surface area (Å²) >= 11 is 0. The minimum absolute atomic E-state index is 0.314. The van der Waals surface area contributed by atoms with Crippen molar-refractivity contribution in [3.8, 4) is 0 Å². The number of nitrogens with zero attached hydrogens (tertiary/aromatic N) is 6. The second kappa shape index (κ2) is 7.66. The van der Waals surface area contributed by atoms with Gasteiger partial charge in [-0.2, -0.15) is 0 Å². The Kier molecular flexibility index (Phi) is 5.35. The highest BCUT2D eigenvalue weighted by molar-refractivity contribution is 5.14. The lowest BCUT2D eigenvalue weighted by Gasteiger charge is -2.36. The summed E-state index contributed by atoms with van der Waals surface area (Å²) in [5.74, 6) is 1.01. The maximum atomic E-state index is 4.34. The van der Waals surface area contributed by atoms with E-state index in [-0.39, 0.29) is 0 Å². The third kappa shape index (κ3) is 3.95. The van der Waals surface area contributed by atoms with Gasteiger partial charge in [0.05, 0.1) is 6.04 Å². The number of tetrazole rings is 1. The van der Waals surface area contributed by atoms with Crippen molar-refractivity contribution in [2.24, 2.45) is 0 Å². The first-order valence-electron chi connectivity index (χ1n) is 8.50. The fraction of sp³-hybridized carbons (Fsp3) is 0.588. The molecule has 1 saturated heterocycles. The van der Waals surface area contributed by atoms with E-state index in [9.17, 15) is 0 Å². The number of hydrogen-bond donors (Lipinski definition) is 0. The minimum Gasteiger partial charge on any atom is -0.304 e. The number of aromatic nitrogens is 4. The molecule has 2 heterocycles. The van der Waals surface area contributed by atoms with Crippen LogP contribution in [0.5, 0.6) is 0 Å². The molecule has 1 aliphatic heterocycles. The summed E-state index contributed by atoms with van der Waals surface area (Å²) in [6.45, 7) is 7.45. The summed E-state index contributed by atoms with van der Waals surface area (Å²) in [7, 11) is 2.18. The highest BCUT2D eigenvalue weighted by Crippen LogP contribution is 2.23. The summed E-state index contributed by atoms with van der Waals surface area (Å²) in [5, 5.41) is 12.5. The lowest BCUT2D eigenvalue weighted by atomic mass is 10.1. The molecule has 1 atom stereocenters. The largest absolute Gasteiger partial charge is 0.304 e. The first-order valence-corrected chi connectivity index (χ1v) is 8.50. The topological polar surface area (TPSA) is 50.1 Å². The quantitative estimate of drug-likeness (QED) is 0.811. The fourth-order valence-electron chi connectivity index (χ4n) is 3.23. The lowest BCUT2D eigenvalue weighted by molar-refractivity contribution is 0.102. The van der Waals surface area contributed by atoms with E-state index in [2.05, 4.69) is 63.6 Å². The molecule has 6 heteroatoms. The average molecular weight is 314 g/mol. The average Bonchev–Trinajstić information content (AvgIpc) is 3.05. The molecule has 1 fully saturated rings. The van der Waals surface area contributed by atoms with Crippen molar-refractivity contribution in [2.45, 2.75) is 32.4 Å². The molecule has 1 aromatic heterocycles. The van der Waals surface area contributed by atoms with E-state index in [4.69, 9.17) is 0 Å². The zero-order valence-electron chi connectivity index (χ0n) is 14.1. The molecule has 1 aliphatic rings. The molecule has 1 aromatic carbocycles. The van der Waals surface area contributed by atoms with Crippen LogP contribution in [0.1, 0.15) is 30.8 Å². The van der Waals surface area contributed by atoms with Crippen LogP contribution in [0, 0.1) is 0 Å². The van der Waals surface area contributed by atoms with E-state index in [0.717, 1.165) is 51.4 Å². The first-order chi connectivity index (χ1) is 11.3. The van der Waals surface area contributed by atoms with E-state index in [0.29, 0.717) is 6.04 Å². The maximum absolute atomic E-state index is 4.34. The van der Waals surface area contributed by atoms with Crippen molar-refractivity contribution < 1.29 is 0 Å². The maximum Gasteiger partial charge on any atom is 0.168 e. The molecule has 0 unspecified atom stereocenters. The van der Waals surface area contributed by atoms with Crippen LogP contribution < -0.4 is 0 Å². The molecule has 6 nitrogen and oxygen atoms in total. The molecule has 0 aliphatic carbocycles. The minimum atomic E-state index is 0.314. The van der Waals surface area contributed by atoms with Crippen molar-refractivity contribution in [3.05, 3.63) is 41.7 Å². The van der Waals surface area contributed by atoms with Gasteiger partial charge in [-0.1, -0.05) is 37.3 Å². The third-order valence-electron chi connectivity index (χ3n) is 4.68. The number of hydrogen-bond acceptors (Lipinski definition) is 5. The Hall–Kier alpha value is -1.79. The van der Waals surface area contributed by atoms with E-state index in [1.807, 2.05) is 10.7 Å². The lowest BCUT2D eigenvalue weighted by Crippen LogP contribution is -2.46. The zero-order valence-corrected chi connectivity index (χ0v) is 14.1. The second-order valence-corrected chi connectivity index (χ2v) is 6.26. The van der Waals surface area contributed by atoms with Crippen LogP contribution in [0.3, 0.4) is 0 Å². The van der Waals surface area contributed by atoms with Crippen molar-refractivity contribution in [2.75, 3.05) is 33.2 Å². The van der Waals surface area contributed by atoms with Crippen LogP contribution in [-0.2, 0) is 13.0 Å². The highest BCUT2D eigenvalue weighted by Gasteiger charge is 2.26. The van der Waals surface area contributed by atoms with Gasteiger partial charge in [0.15, 0.2) is 5.82 Å². The standard InChI is InChI=1S/C17H26N6/c1-3-16(22-13-11-21(2)12-14-22)17-18-19-20-23(17)10-9-15-7-5-4-6-8-15/h4-8,16H,3,9-14H2,1-2H3/t16-/m0/s1. The van der Waals surface area contributed by atoms with E-state index < -0.39 is 0 Å². The van der Waals surface area contributed by atoms with Gasteiger partial charge in [0.2, 0.25) is 0 Å². The Labute approximate surface area is 138 Å². The molecule has 0 amide bonds. The molecule has 0 bridgehead atoms. The second-order valence-electron chi connectivity index (χ2n) is 6.26. The molecule has 0 radical (unpaired) electrons. The molecule has 23 heavy (non-hydrogen) atoms. The Balaban J connectivity index is 1.68. The van der Waals surface area contributed by atoms with Crippen LogP contribution >= 0.6 is 0 Å². The Morgan fingerprint density at radius 2 is 1.83 bits per heavy atom. The van der Waals surface area contributed by atoms with Gasteiger partial charge < -0.3 is 4.90 Å². The van der Waals surface area contributed by atoms with Crippen LogP contribution in [0.25, 0.3) is 0 Å². The molecule has 0 saturated carbocycles. The van der Waals surface area contributed by atoms with Crippen LogP contribution in [0.4, 0.5) is 0 Å². The number of likely N-dealkylation sites (N-methyl/N-ethyl adjacent to an activating group) is 1. The van der Waals surface area contributed by atoms with Crippen molar-refractivity contribution >= 4 is 0 Å². The molecule has 0 N–H and O–H groups in total. The van der Waals surface area contributed by atoms with Gasteiger partial charge in [0, 0.05) is 32.7 Å². The number of piperazine rings is 1. The molecular formula is C17H26N6. The van der Waals surface area contributed by atoms with Crippen LogP contribution in [-0.4, -0.2) is 63.2 Å². The molecule has 2 aromatic rings. The third-order valence-corrected chi connectivity index (χ3v) is 4.68. The van der Waals surface area contributed by atoms with E-state index in [1.165, 1.54) is 5.56 Å². The molecule has 0 spiro atoms. The Morgan fingerprint density at radius 3 is 2.52 bits per heavy atom. The van der Waals surface area contributed by atoms with Gasteiger partial charge in [-0.05, 0) is 35.9 Å². The number of aryl methyl sites for hydroxylation is 2. The number of rotatable bonds is 6. The molecule has 3 rings (SSSR count). The summed E-state index contributed by atoms with van der Waals surface area (Å²) in [4.78, 5) is 4.90. The molecule has 124 valence electrons. The van der Waals surface area contributed by atoms with Crippen molar-refractivity contribution in [3.63, 3.8) is 0 Å². The van der Waals surface area contributed by atoms with Gasteiger partial charge in [-0.15, -0.1) is 5.10 Å². The summed E-state index contributed by atoms with van der Waals surface area (Å²) in [6.07, 6.45) is 1.99. The number of benzene rings is 1. The fourth-order valence-corrected chi connectivity index (χ4v) is 3.23. The predicted molar refractivity (Wildman–Crippen MR) is 90.1 cm³/mol. The van der Waals surface area contributed by atoms with E-state index in [1.54, 1.807) is 0 Å². The van der Waals surface area contributed by atoms with Gasteiger partial charge in [-0.3, -0.25) is 4.90 Å². The van der Waals surface area contributed by atoms with Crippen molar-refractivity contribution in [1.29, 1.82) is 0 Å². The highest BCUT2D eigenvalue weighted by atomic mass is 15.5. The Morgan fingerprint density at radius 1 is 1.09 bits per heavy atom. The predicted octanol–water partition coefficient (Wildman–Crippen LogP) is 1.61. The SMILES string of the molecule is CC[C@@H](c1nnnn1CCc1ccccc1)N1CCN(C)CC1. The van der Waals surface area contributed by atoms with Crippen LogP contribution in [0.15, 0.2) is 30.3 Å². The van der Waals surface area contributed by atoms with Gasteiger partial charge in [0.25, 0.3) is 0 Å². The smallest absolute Gasteiger partial charge is 0.168 e. The monoisotopic (exact) mass is 314 g/mol. The summed E-state index contributed by atoms with van der Waals surface area (Å²) < 4.78 is 1.99. The van der Waals surface area contributed by atoms with Crippen LogP contribution in [0.2, 0.25) is 0 Å².